The molecule has 1 heterocycles. The summed E-state index contributed by atoms with van der Waals surface area (Å²) in [6, 6.07) is 7.36. The van der Waals surface area contributed by atoms with Crippen LogP contribution in [-0.4, -0.2) is 11.7 Å². The van der Waals surface area contributed by atoms with Crippen molar-refractivity contribution >= 4 is 0 Å². The first-order chi connectivity index (χ1) is 6.31. The number of aliphatic hydroxyl groups is 1. The number of benzene rings is 1. The Morgan fingerprint density at radius 1 is 1.15 bits per heavy atom. The molecule has 0 fully saturated rings. The van der Waals surface area contributed by atoms with Crippen molar-refractivity contribution in [3.63, 3.8) is 0 Å². The van der Waals surface area contributed by atoms with Gasteiger partial charge < -0.3 is 14.6 Å². The Balaban J connectivity index is 2.37. The van der Waals surface area contributed by atoms with Crippen molar-refractivity contribution < 1.29 is 14.6 Å². The molecule has 1 N–H and O–H groups in total. The quantitative estimate of drug-likeness (QED) is 0.711. The molecule has 68 valence electrons. The summed E-state index contributed by atoms with van der Waals surface area (Å²) >= 11 is 0. The van der Waals surface area contributed by atoms with E-state index < -0.39 is 0 Å². The van der Waals surface area contributed by atoms with Gasteiger partial charge in [0.2, 0.25) is 0 Å². The second-order valence-corrected chi connectivity index (χ2v) is 2.79. The molecule has 0 spiro atoms. The van der Waals surface area contributed by atoms with Crippen molar-refractivity contribution in [1.29, 1.82) is 0 Å². The summed E-state index contributed by atoms with van der Waals surface area (Å²) in [7, 11) is 0. The third kappa shape index (κ3) is 1.38. The van der Waals surface area contributed by atoms with Gasteiger partial charge in [0.15, 0.2) is 17.3 Å². The van der Waals surface area contributed by atoms with Gasteiger partial charge in [0.25, 0.3) is 0 Å². The van der Waals surface area contributed by atoms with Crippen molar-refractivity contribution in [2.75, 3.05) is 6.61 Å². The van der Waals surface area contributed by atoms with Gasteiger partial charge in [0.1, 0.15) is 12.4 Å². The average Bonchev–Trinajstić information content (AvgIpc) is 2.17. The zero-order chi connectivity index (χ0) is 9.26. The molecule has 2 rings (SSSR count). The lowest BCUT2D eigenvalue weighted by atomic mass is 10.3. The number of para-hydroxylation sites is 2. The highest BCUT2D eigenvalue weighted by Gasteiger charge is 2.16. The van der Waals surface area contributed by atoms with Crippen LogP contribution in [0.2, 0.25) is 0 Å². The van der Waals surface area contributed by atoms with Crippen LogP contribution in [0.1, 0.15) is 6.92 Å². The molecule has 13 heavy (non-hydrogen) atoms. The Labute approximate surface area is 76.2 Å². The van der Waals surface area contributed by atoms with Crippen LogP contribution in [-0.2, 0) is 0 Å². The van der Waals surface area contributed by atoms with E-state index in [1.54, 1.807) is 13.0 Å². The molecule has 0 saturated carbocycles. The molecule has 0 atom stereocenters. The molecule has 1 aromatic rings. The molecule has 0 amide bonds. The summed E-state index contributed by atoms with van der Waals surface area (Å²) in [5.74, 6) is 2.43. The van der Waals surface area contributed by atoms with Gasteiger partial charge in [-0.05, 0) is 19.1 Å². The molecule has 0 bridgehead atoms. The molecule has 1 aromatic carbocycles. The molecule has 0 saturated heterocycles. The highest BCUT2D eigenvalue weighted by atomic mass is 16.6. The Morgan fingerprint density at radius 3 is 2.38 bits per heavy atom. The van der Waals surface area contributed by atoms with Crippen LogP contribution in [0.4, 0.5) is 0 Å². The minimum Gasteiger partial charge on any atom is -0.454 e. The molecule has 0 aromatic heterocycles. The molecule has 1 aliphatic rings. The van der Waals surface area contributed by atoms with Crippen LogP contribution in [0.3, 0.4) is 0 Å². The highest BCUT2D eigenvalue weighted by Crippen LogP contribution is 2.34. The minimum absolute atomic E-state index is 0.139. The zero-order valence-corrected chi connectivity index (χ0v) is 7.28. The predicted octanol–water partition coefficient (Wildman–Crippen LogP) is 1.68. The molecule has 0 radical (unpaired) electrons. The van der Waals surface area contributed by atoms with E-state index in [0.29, 0.717) is 23.0 Å². The SMILES string of the molecule is CC1=C(CO)Oc2ccccc2O1. The summed E-state index contributed by atoms with van der Waals surface area (Å²) < 4.78 is 10.8. The molecular weight excluding hydrogens is 168 g/mol. The third-order valence-electron chi connectivity index (χ3n) is 1.88. The first kappa shape index (κ1) is 8.13. The number of fused-ring (bicyclic) bond motifs is 1. The summed E-state index contributed by atoms with van der Waals surface area (Å²) in [6.07, 6.45) is 0. The Kier molecular flexibility index (Phi) is 1.94. The average molecular weight is 178 g/mol. The van der Waals surface area contributed by atoms with Crippen LogP contribution in [0.5, 0.6) is 11.5 Å². The van der Waals surface area contributed by atoms with Crippen molar-refractivity contribution in [1.82, 2.24) is 0 Å². The van der Waals surface area contributed by atoms with E-state index in [-0.39, 0.29) is 6.61 Å². The normalized spacial score (nSPS) is 14.6. The maximum absolute atomic E-state index is 8.92. The van der Waals surface area contributed by atoms with Crippen LogP contribution in [0, 0.1) is 0 Å². The van der Waals surface area contributed by atoms with E-state index in [9.17, 15) is 0 Å². The topological polar surface area (TPSA) is 38.7 Å². The van der Waals surface area contributed by atoms with Gasteiger partial charge in [-0.2, -0.15) is 0 Å². The van der Waals surface area contributed by atoms with Crippen molar-refractivity contribution in [3.05, 3.63) is 35.8 Å². The van der Waals surface area contributed by atoms with E-state index >= 15 is 0 Å². The van der Waals surface area contributed by atoms with Gasteiger partial charge in [-0.25, -0.2) is 0 Å². The van der Waals surface area contributed by atoms with Crippen molar-refractivity contribution in [2.45, 2.75) is 6.92 Å². The van der Waals surface area contributed by atoms with E-state index in [4.69, 9.17) is 14.6 Å². The second-order valence-electron chi connectivity index (χ2n) is 2.79. The van der Waals surface area contributed by atoms with Gasteiger partial charge >= 0.3 is 0 Å². The highest BCUT2D eigenvalue weighted by molar-refractivity contribution is 5.43. The maximum Gasteiger partial charge on any atom is 0.169 e. The Hall–Kier alpha value is -1.48. The summed E-state index contributed by atoms with van der Waals surface area (Å²) in [4.78, 5) is 0. The van der Waals surface area contributed by atoms with Gasteiger partial charge in [0, 0.05) is 0 Å². The fourth-order valence-corrected chi connectivity index (χ4v) is 1.19. The molecule has 0 aliphatic carbocycles. The Morgan fingerprint density at radius 2 is 1.77 bits per heavy atom. The number of rotatable bonds is 1. The van der Waals surface area contributed by atoms with Gasteiger partial charge in [0.05, 0.1) is 0 Å². The number of hydrogen-bond acceptors (Lipinski definition) is 3. The molecule has 3 nitrogen and oxygen atoms in total. The first-order valence-electron chi connectivity index (χ1n) is 4.06. The van der Waals surface area contributed by atoms with Gasteiger partial charge in [-0.15, -0.1) is 0 Å². The first-order valence-corrected chi connectivity index (χ1v) is 4.06. The van der Waals surface area contributed by atoms with E-state index in [2.05, 4.69) is 0 Å². The Bertz CT molecular complexity index is 355. The fraction of sp³-hybridized carbons (Fsp3) is 0.200. The van der Waals surface area contributed by atoms with Crippen molar-refractivity contribution in [3.8, 4) is 11.5 Å². The number of ether oxygens (including phenoxy) is 2. The van der Waals surface area contributed by atoms with E-state index in [1.807, 2.05) is 18.2 Å². The smallest absolute Gasteiger partial charge is 0.169 e. The monoisotopic (exact) mass is 178 g/mol. The molecule has 3 heteroatoms. The lowest BCUT2D eigenvalue weighted by Gasteiger charge is -2.20. The van der Waals surface area contributed by atoms with E-state index in [0.717, 1.165) is 0 Å². The largest absolute Gasteiger partial charge is 0.454 e. The summed E-state index contributed by atoms with van der Waals surface area (Å²) in [5, 5.41) is 8.92. The molecule has 1 aliphatic heterocycles. The fourth-order valence-electron chi connectivity index (χ4n) is 1.19. The van der Waals surface area contributed by atoms with E-state index in [1.165, 1.54) is 0 Å². The van der Waals surface area contributed by atoms with Gasteiger partial charge in [-0.1, -0.05) is 12.1 Å². The standard InChI is InChI=1S/C10H10O3/c1-7-10(6-11)13-9-5-3-2-4-8(9)12-7/h2-5,11H,6H2,1H3. The zero-order valence-electron chi connectivity index (χ0n) is 7.28. The molecule has 0 unspecified atom stereocenters. The minimum atomic E-state index is -0.139. The van der Waals surface area contributed by atoms with Gasteiger partial charge in [-0.3, -0.25) is 0 Å². The third-order valence-corrected chi connectivity index (χ3v) is 1.88. The summed E-state index contributed by atoms with van der Waals surface area (Å²) in [5.41, 5.74) is 0. The number of allylic oxidation sites excluding steroid dienone is 1. The van der Waals surface area contributed by atoms with Crippen LogP contribution in [0.15, 0.2) is 35.8 Å². The molecular formula is C10H10O3. The summed E-state index contributed by atoms with van der Waals surface area (Å²) in [6.45, 7) is 1.63. The lowest BCUT2D eigenvalue weighted by molar-refractivity contribution is 0.219. The number of hydrogen-bond donors (Lipinski definition) is 1. The number of aliphatic hydroxyl groups excluding tert-OH is 1. The maximum atomic E-state index is 8.92. The van der Waals surface area contributed by atoms with Crippen LogP contribution in [0.25, 0.3) is 0 Å². The van der Waals surface area contributed by atoms with Crippen LogP contribution >= 0.6 is 0 Å². The van der Waals surface area contributed by atoms with Crippen molar-refractivity contribution in [2.24, 2.45) is 0 Å². The van der Waals surface area contributed by atoms with Crippen LogP contribution < -0.4 is 9.47 Å². The lowest BCUT2D eigenvalue weighted by Crippen LogP contribution is -2.12. The second kappa shape index (κ2) is 3.11. The predicted molar refractivity (Wildman–Crippen MR) is 47.5 cm³/mol.